The van der Waals surface area contributed by atoms with Crippen molar-refractivity contribution in [3.63, 3.8) is 0 Å². The van der Waals surface area contributed by atoms with Crippen LogP contribution in [0.1, 0.15) is 50.0 Å². The molecule has 1 aliphatic carbocycles. The molecule has 2 aliphatic rings. The van der Waals surface area contributed by atoms with Gasteiger partial charge >= 0.3 is 6.09 Å². The van der Waals surface area contributed by atoms with Gasteiger partial charge in [-0.2, -0.15) is 0 Å². The summed E-state index contributed by atoms with van der Waals surface area (Å²) in [5.41, 5.74) is 5.01. The van der Waals surface area contributed by atoms with Crippen molar-refractivity contribution >= 4 is 12.0 Å². The number of amides is 2. The molecule has 3 rings (SSSR count). The normalized spacial score (nSPS) is 22.6. The van der Waals surface area contributed by atoms with Gasteiger partial charge in [0.05, 0.1) is 0 Å². The minimum absolute atomic E-state index is 0.00351. The molecule has 7 nitrogen and oxygen atoms in total. The predicted molar refractivity (Wildman–Crippen MR) is 90.2 cm³/mol. The first kappa shape index (κ1) is 17.4. The minimum Gasteiger partial charge on any atom is -0.508 e. The molecule has 1 saturated carbocycles. The topological polar surface area (TPSA) is 113 Å². The predicted octanol–water partition coefficient (Wildman–Crippen LogP) is 2.21. The molecule has 0 spiro atoms. The van der Waals surface area contributed by atoms with Gasteiger partial charge in [0, 0.05) is 25.1 Å². The van der Waals surface area contributed by atoms with E-state index in [4.69, 9.17) is 10.5 Å². The van der Waals surface area contributed by atoms with Crippen molar-refractivity contribution in [2.45, 2.75) is 50.0 Å². The number of carbonyl (C=O) groups excluding carboxylic acids is 2. The third-order valence-corrected chi connectivity index (χ3v) is 5.29. The van der Waals surface area contributed by atoms with E-state index in [-0.39, 0.29) is 17.4 Å². The van der Waals surface area contributed by atoms with Crippen LogP contribution >= 0.6 is 0 Å². The lowest BCUT2D eigenvalue weighted by Gasteiger charge is -2.35. The fourth-order valence-electron chi connectivity index (χ4n) is 3.81. The van der Waals surface area contributed by atoms with E-state index in [1.165, 1.54) is 12.1 Å². The van der Waals surface area contributed by atoms with E-state index in [1.54, 1.807) is 11.0 Å². The Morgan fingerprint density at radius 3 is 2.56 bits per heavy atom. The second kappa shape index (κ2) is 6.82. The number of carbonyl (C=O) groups is 2. The van der Waals surface area contributed by atoms with Crippen molar-refractivity contribution < 1.29 is 24.5 Å². The van der Waals surface area contributed by atoms with Crippen LogP contribution in [0.5, 0.6) is 11.5 Å². The lowest BCUT2D eigenvalue weighted by atomic mass is 9.84. The van der Waals surface area contributed by atoms with Crippen molar-refractivity contribution in [2.75, 3.05) is 13.1 Å². The molecule has 4 N–H and O–H groups in total. The van der Waals surface area contributed by atoms with Gasteiger partial charge < -0.3 is 25.6 Å². The number of nitrogens with two attached hydrogens (primary N) is 1. The molecular formula is C18H24N2O5. The van der Waals surface area contributed by atoms with E-state index in [2.05, 4.69) is 0 Å². The summed E-state index contributed by atoms with van der Waals surface area (Å²) in [5, 5.41) is 19.4. The summed E-state index contributed by atoms with van der Waals surface area (Å²) < 4.78 is 5.57. The number of phenolic OH excluding ortho intramolecular Hbond substituents is 2. The van der Waals surface area contributed by atoms with Crippen LogP contribution < -0.4 is 5.73 Å². The van der Waals surface area contributed by atoms with Crippen LogP contribution in [0, 0.1) is 0 Å². The highest BCUT2D eigenvalue weighted by atomic mass is 16.6. The third-order valence-electron chi connectivity index (χ3n) is 5.29. The maximum absolute atomic E-state index is 12.5. The molecule has 0 radical (unpaired) electrons. The molecule has 25 heavy (non-hydrogen) atoms. The zero-order valence-corrected chi connectivity index (χ0v) is 14.1. The maximum atomic E-state index is 12.5. The Kier molecular flexibility index (Phi) is 4.74. The summed E-state index contributed by atoms with van der Waals surface area (Å²) in [6.45, 7) is 0.880. The molecule has 1 aromatic carbocycles. The van der Waals surface area contributed by atoms with Crippen molar-refractivity contribution in [3.05, 3.63) is 23.8 Å². The smallest absolute Gasteiger partial charge is 0.410 e. The highest BCUT2D eigenvalue weighted by Gasteiger charge is 2.43. The number of hydrogen-bond donors (Lipinski definition) is 3. The first-order valence-corrected chi connectivity index (χ1v) is 8.71. The molecule has 2 fully saturated rings. The molecule has 1 aliphatic heterocycles. The van der Waals surface area contributed by atoms with Gasteiger partial charge in [-0.25, -0.2) is 4.79 Å². The zero-order valence-electron chi connectivity index (χ0n) is 14.1. The molecule has 2 amide bonds. The molecule has 1 saturated heterocycles. The number of nitrogens with zero attached hydrogens (tertiary/aromatic N) is 1. The number of phenols is 2. The van der Waals surface area contributed by atoms with E-state index in [1.807, 2.05) is 0 Å². The van der Waals surface area contributed by atoms with E-state index < -0.39 is 17.6 Å². The van der Waals surface area contributed by atoms with Crippen LogP contribution in [0.3, 0.4) is 0 Å². The van der Waals surface area contributed by atoms with Crippen LogP contribution in [-0.2, 0) is 9.53 Å². The standard InChI is InChI=1S/C18H24N2O5/c19-16(23)18(7-2-1-3-8-18)25-17(24)20-9-6-12(11-20)14-5-4-13(21)10-15(14)22/h4-5,10,12,21-22H,1-3,6-9,11H2,(H2,19,23). The quantitative estimate of drug-likeness (QED) is 0.775. The lowest BCUT2D eigenvalue weighted by Crippen LogP contribution is -2.51. The summed E-state index contributed by atoms with van der Waals surface area (Å²) in [6.07, 6.45) is 3.76. The summed E-state index contributed by atoms with van der Waals surface area (Å²) in [6, 6.07) is 4.47. The van der Waals surface area contributed by atoms with E-state index in [9.17, 15) is 19.8 Å². The molecule has 0 aromatic heterocycles. The van der Waals surface area contributed by atoms with Crippen LogP contribution in [0.4, 0.5) is 4.79 Å². The maximum Gasteiger partial charge on any atom is 0.410 e. The summed E-state index contributed by atoms with van der Waals surface area (Å²) in [7, 11) is 0. The number of likely N-dealkylation sites (tertiary alicyclic amines) is 1. The molecule has 1 atom stereocenters. The molecular weight excluding hydrogens is 324 g/mol. The largest absolute Gasteiger partial charge is 0.508 e. The minimum atomic E-state index is -1.19. The Bertz CT molecular complexity index is 669. The van der Waals surface area contributed by atoms with Gasteiger partial charge in [0.1, 0.15) is 11.5 Å². The molecule has 136 valence electrons. The number of primary amides is 1. The summed E-state index contributed by atoms with van der Waals surface area (Å²) in [4.78, 5) is 25.9. The number of ether oxygens (including phenoxy) is 1. The Balaban J connectivity index is 1.67. The fourth-order valence-corrected chi connectivity index (χ4v) is 3.81. The lowest BCUT2D eigenvalue weighted by molar-refractivity contribution is -0.141. The zero-order chi connectivity index (χ0) is 18.0. The van der Waals surface area contributed by atoms with Gasteiger partial charge in [0.2, 0.25) is 0 Å². The van der Waals surface area contributed by atoms with Crippen molar-refractivity contribution in [2.24, 2.45) is 5.73 Å². The molecule has 1 aromatic rings. The molecule has 7 heteroatoms. The first-order valence-electron chi connectivity index (χ1n) is 8.71. The van der Waals surface area contributed by atoms with Gasteiger partial charge in [0.25, 0.3) is 5.91 Å². The van der Waals surface area contributed by atoms with Crippen molar-refractivity contribution in [1.29, 1.82) is 0 Å². The Morgan fingerprint density at radius 2 is 1.92 bits per heavy atom. The van der Waals surface area contributed by atoms with E-state index in [0.717, 1.165) is 19.3 Å². The SMILES string of the molecule is NC(=O)C1(OC(=O)N2CCC(c3ccc(O)cc3O)C2)CCCCC1. The molecule has 0 bridgehead atoms. The monoisotopic (exact) mass is 348 g/mol. The van der Waals surface area contributed by atoms with Crippen LogP contribution in [0.15, 0.2) is 18.2 Å². The van der Waals surface area contributed by atoms with Crippen LogP contribution in [-0.4, -0.2) is 45.8 Å². The number of rotatable bonds is 3. The van der Waals surface area contributed by atoms with Gasteiger partial charge in [0.15, 0.2) is 5.60 Å². The van der Waals surface area contributed by atoms with Gasteiger partial charge in [-0.1, -0.05) is 12.5 Å². The van der Waals surface area contributed by atoms with E-state index >= 15 is 0 Å². The second-order valence-electron chi connectivity index (χ2n) is 6.96. The second-order valence-corrected chi connectivity index (χ2v) is 6.96. The molecule has 1 heterocycles. The number of hydrogen-bond acceptors (Lipinski definition) is 5. The average Bonchev–Trinajstić information content (AvgIpc) is 3.05. The van der Waals surface area contributed by atoms with Gasteiger partial charge in [-0.3, -0.25) is 4.79 Å². The number of benzene rings is 1. The number of aromatic hydroxyl groups is 2. The van der Waals surface area contributed by atoms with Crippen LogP contribution in [0.25, 0.3) is 0 Å². The third kappa shape index (κ3) is 3.50. The summed E-state index contributed by atoms with van der Waals surface area (Å²) >= 11 is 0. The Labute approximate surface area is 146 Å². The summed E-state index contributed by atoms with van der Waals surface area (Å²) in [5.74, 6) is -0.603. The highest BCUT2D eigenvalue weighted by molar-refractivity contribution is 5.86. The van der Waals surface area contributed by atoms with Crippen molar-refractivity contribution in [3.8, 4) is 11.5 Å². The van der Waals surface area contributed by atoms with Gasteiger partial charge in [-0.05, 0) is 43.7 Å². The fraction of sp³-hybridized carbons (Fsp3) is 0.556. The highest BCUT2D eigenvalue weighted by Crippen LogP contribution is 2.36. The Hall–Kier alpha value is -2.44. The first-order chi connectivity index (χ1) is 11.9. The van der Waals surface area contributed by atoms with Crippen molar-refractivity contribution in [1.82, 2.24) is 4.90 Å². The Morgan fingerprint density at radius 1 is 1.20 bits per heavy atom. The molecule has 1 unspecified atom stereocenters. The van der Waals surface area contributed by atoms with Gasteiger partial charge in [-0.15, -0.1) is 0 Å². The van der Waals surface area contributed by atoms with Crippen LogP contribution in [0.2, 0.25) is 0 Å². The average molecular weight is 348 g/mol. The van der Waals surface area contributed by atoms with E-state index in [0.29, 0.717) is 37.9 Å².